The summed E-state index contributed by atoms with van der Waals surface area (Å²) in [6, 6.07) is 21.1. The van der Waals surface area contributed by atoms with Gasteiger partial charge in [0.25, 0.3) is 11.7 Å². The van der Waals surface area contributed by atoms with E-state index in [1.807, 2.05) is 30.3 Å². The lowest BCUT2D eigenvalue weighted by Crippen LogP contribution is -2.32. The van der Waals surface area contributed by atoms with Gasteiger partial charge in [0.1, 0.15) is 35.2 Å². The summed E-state index contributed by atoms with van der Waals surface area (Å²) in [5.74, 6) is -0.639. The van der Waals surface area contributed by atoms with E-state index < -0.39 is 17.7 Å². The molecule has 1 saturated heterocycles. The van der Waals surface area contributed by atoms with Crippen molar-refractivity contribution in [3.8, 4) is 17.2 Å². The first-order chi connectivity index (χ1) is 18.0. The van der Waals surface area contributed by atoms with Gasteiger partial charge in [0.05, 0.1) is 32.4 Å². The average molecular weight is 504 g/mol. The lowest BCUT2D eigenvalue weighted by atomic mass is 9.94. The topological polar surface area (TPSA) is 94.5 Å². The Morgan fingerprint density at radius 1 is 0.865 bits per heavy atom. The average Bonchev–Trinajstić information content (AvgIpc) is 3.19. The Balaban J connectivity index is 1.75. The summed E-state index contributed by atoms with van der Waals surface area (Å²) in [6.45, 7) is 0.789. The van der Waals surface area contributed by atoms with Gasteiger partial charge in [-0.25, -0.2) is 0 Å². The Morgan fingerprint density at radius 2 is 1.51 bits per heavy atom. The maximum Gasteiger partial charge on any atom is 0.295 e. The molecule has 1 aliphatic heterocycles. The molecule has 8 heteroatoms. The number of carbonyl (C=O) groups is 2. The molecule has 3 aromatic carbocycles. The van der Waals surface area contributed by atoms with Gasteiger partial charge < -0.3 is 29.0 Å². The Morgan fingerprint density at radius 3 is 2.11 bits per heavy atom. The molecule has 1 unspecified atom stereocenters. The Bertz CT molecular complexity index is 1260. The predicted octanol–water partition coefficient (Wildman–Crippen LogP) is 4.35. The van der Waals surface area contributed by atoms with Crippen LogP contribution in [0.1, 0.15) is 22.7 Å². The fraction of sp³-hybridized carbons (Fsp3) is 0.241. The fourth-order valence-electron chi connectivity index (χ4n) is 4.35. The summed E-state index contributed by atoms with van der Waals surface area (Å²) in [5, 5.41) is 11.4. The molecule has 1 N–H and O–H groups in total. The van der Waals surface area contributed by atoms with Gasteiger partial charge >= 0.3 is 0 Å². The number of hydrogen-bond donors (Lipinski definition) is 1. The first-order valence-electron chi connectivity index (χ1n) is 11.8. The van der Waals surface area contributed by atoms with Crippen LogP contribution in [0.2, 0.25) is 0 Å². The standard InChI is InChI=1S/C29H29NO7/c1-34-17-16-30-26(20-12-14-21(15-13-20)37-18-19-8-5-4-6-9-19)25(28(32)29(30)33)27(31)24-22(35-2)10-7-11-23(24)36-3/h4-15,26,31H,16-18H2,1-3H3/b27-25+. The highest BCUT2D eigenvalue weighted by molar-refractivity contribution is 6.46. The molecule has 0 radical (unpaired) electrons. The third-order valence-electron chi connectivity index (χ3n) is 6.19. The minimum Gasteiger partial charge on any atom is -0.506 e. The van der Waals surface area contributed by atoms with E-state index in [-0.39, 0.29) is 30.0 Å². The molecule has 3 aromatic rings. The molecule has 0 aliphatic carbocycles. The predicted molar refractivity (Wildman–Crippen MR) is 138 cm³/mol. The van der Waals surface area contributed by atoms with E-state index in [0.717, 1.165) is 5.56 Å². The van der Waals surface area contributed by atoms with Crippen LogP contribution in [0.3, 0.4) is 0 Å². The number of aliphatic hydroxyl groups excluding tert-OH is 1. The Kier molecular flexibility index (Phi) is 8.10. The van der Waals surface area contributed by atoms with E-state index in [0.29, 0.717) is 29.4 Å². The van der Waals surface area contributed by atoms with Crippen LogP contribution in [-0.2, 0) is 20.9 Å². The molecule has 4 rings (SSSR count). The van der Waals surface area contributed by atoms with E-state index >= 15 is 0 Å². The first kappa shape index (κ1) is 25.8. The van der Waals surface area contributed by atoms with Crippen molar-refractivity contribution in [3.05, 3.63) is 95.1 Å². The van der Waals surface area contributed by atoms with Crippen LogP contribution in [0.15, 0.2) is 78.4 Å². The molecular weight excluding hydrogens is 474 g/mol. The van der Waals surface area contributed by atoms with Crippen molar-refractivity contribution in [1.82, 2.24) is 4.90 Å². The number of Topliss-reactive ketones (excluding diaryl/α,β-unsaturated/α-hetero) is 1. The minimum absolute atomic E-state index is 0.0538. The summed E-state index contributed by atoms with van der Waals surface area (Å²) >= 11 is 0. The molecular formula is C29H29NO7. The van der Waals surface area contributed by atoms with Crippen LogP contribution in [0, 0.1) is 0 Å². The van der Waals surface area contributed by atoms with Crippen LogP contribution < -0.4 is 14.2 Å². The van der Waals surface area contributed by atoms with Gasteiger partial charge in [-0.15, -0.1) is 0 Å². The van der Waals surface area contributed by atoms with Crippen LogP contribution in [0.4, 0.5) is 0 Å². The third-order valence-corrected chi connectivity index (χ3v) is 6.19. The molecule has 1 fully saturated rings. The van der Waals surface area contributed by atoms with Gasteiger partial charge in [-0.05, 0) is 35.4 Å². The first-order valence-corrected chi connectivity index (χ1v) is 11.8. The van der Waals surface area contributed by atoms with E-state index in [1.54, 1.807) is 42.5 Å². The lowest BCUT2D eigenvalue weighted by Gasteiger charge is -2.25. The van der Waals surface area contributed by atoms with E-state index in [1.165, 1.54) is 26.2 Å². The molecule has 0 bridgehead atoms. The number of ketones is 1. The molecule has 1 atom stereocenters. The molecule has 37 heavy (non-hydrogen) atoms. The maximum atomic E-state index is 13.2. The zero-order chi connectivity index (χ0) is 26.4. The van der Waals surface area contributed by atoms with Crippen molar-refractivity contribution < 1.29 is 33.6 Å². The third kappa shape index (κ3) is 5.29. The monoisotopic (exact) mass is 503 g/mol. The van der Waals surface area contributed by atoms with E-state index in [4.69, 9.17) is 18.9 Å². The number of nitrogens with zero attached hydrogens (tertiary/aromatic N) is 1. The molecule has 192 valence electrons. The molecule has 1 aliphatic rings. The van der Waals surface area contributed by atoms with Crippen molar-refractivity contribution in [2.75, 3.05) is 34.5 Å². The maximum absolute atomic E-state index is 13.2. The van der Waals surface area contributed by atoms with Gasteiger partial charge in [0, 0.05) is 13.7 Å². The van der Waals surface area contributed by atoms with Crippen LogP contribution in [0.5, 0.6) is 17.2 Å². The van der Waals surface area contributed by atoms with Crippen LogP contribution in [0.25, 0.3) is 5.76 Å². The summed E-state index contributed by atoms with van der Waals surface area (Å²) in [7, 11) is 4.42. The molecule has 1 heterocycles. The minimum atomic E-state index is -0.840. The summed E-state index contributed by atoms with van der Waals surface area (Å²) in [5.41, 5.74) is 1.81. The van der Waals surface area contributed by atoms with Crippen molar-refractivity contribution in [1.29, 1.82) is 0 Å². The number of methoxy groups -OCH3 is 3. The lowest BCUT2D eigenvalue weighted by molar-refractivity contribution is -0.140. The highest BCUT2D eigenvalue weighted by atomic mass is 16.5. The van der Waals surface area contributed by atoms with Gasteiger partial charge in [-0.2, -0.15) is 0 Å². The van der Waals surface area contributed by atoms with Crippen LogP contribution >= 0.6 is 0 Å². The van der Waals surface area contributed by atoms with Gasteiger partial charge in [-0.1, -0.05) is 48.5 Å². The zero-order valence-electron chi connectivity index (χ0n) is 21.0. The molecule has 1 amide bonds. The molecule has 8 nitrogen and oxygen atoms in total. The second-order valence-electron chi connectivity index (χ2n) is 8.37. The number of ether oxygens (including phenoxy) is 4. The van der Waals surface area contributed by atoms with Gasteiger partial charge in [0.2, 0.25) is 0 Å². The second kappa shape index (κ2) is 11.6. The van der Waals surface area contributed by atoms with Crippen molar-refractivity contribution in [2.45, 2.75) is 12.6 Å². The highest BCUT2D eigenvalue weighted by Gasteiger charge is 2.46. The summed E-state index contributed by atoms with van der Waals surface area (Å²) < 4.78 is 21.9. The Labute approximate surface area is 215 Å². The van der Waals surface area contributed by atoms with Crippen molar-refractivity contribution in [2.24, 2.45) is 0 Å². The quantitative estimate of drug-likeness (QED) is 0.250. The molecule has 0 saturated carbocycles. The highest BCUT2D eigenvalue weighted by Crippen LogP contribution is 2.43. The second-order valence-corrected chi connectivity index (χ2v) is 8.37. The summed E-state index contributed by atoms with van der Waals surface area (Å²) in [6.07, 6.45) is 0. The van der Waals surface area contributed by atoms with E-state index in [9.17, 15) is 14.7 Å². The fourth-order valence-corrected chi connectivity index (χ4v) is 4.35. The van der Waals surface area contributed by atoms with Crippen molar-refractivity contribution in [3.63, 3.8) is 0 Å². The number of rotatable bonds is 10. The van der Waals surface area contributed by atoms with Crippen molar-refractivity contribution >= 4 is 17.4 Å². The van der Waals surface area contributed by atoms with Gasteiger partial charge in [-0.3, -0.25) is 9.59 Å². The van der Waals surface area contributed by atoms with Gasteiger partial charge in [0.15, 0.2) is 0 Å². The number of likely N-dealkylation sites (tertiary alicyclic amines) is 1. The molecule has 0 spiro atoms. The number of aliphatic hydroxyl groups is 1. The SMILES string of the molecule is COCCN1C(=O)C(=O)/C(=C(/O)c2c(OC)cccc2OC)C1c1ccc(OCc2ccccc2)cc1. The van der Waals surface area contributed by atoms with E-state index in [2.05, 4.69) is 0 Å². The zero-order valence-corrected chi connectivity index (χ0v) is 21.0. The number of carbonyl (C=O) groups excluding carboxylic acids is 2. The summed E-state index contributed by atoms with van der Waals surface area (Å²) in [4.78, 5) is 27.7. The number of amides is 1. The largest absolute Gasteiger partial charge is 0.506 e. The van der Waals surface area contributed by atoms with Crippen LogP contribution in [-0.4, -0.2) is 56.2 Å². The smallest absolute Gasteiger partial charge is 0.295 e. The normalized spacial score (nSPS) is 16.6. The number of hydrogen-bond acceptors (Lipinski definition) is 7. The Hall–Kier alpha value is -4.30. The molecule has 0 aromatic heterocycles. The number of benzene rings is 3.